The summed E-state index contributed by atoms with van der Waals surface area (Å²) in [4.78, 5) is 14.4. The molecule has 1 aliphatic heterocycles. The molecule has 0 aliphatic carbocycles. The largest absolute Gasteiger partial charge is 0.471 e. The second-order valence-corrected chi connectivity index (χ2v) is 5.52. The lowest BCUT2D eigenvalue weighted by atomic mass is 10.1. The van der Waals surface area contributed by atoms with Crippen molar-refractivity contribution in [3.8, 4) is 5.88 Å². The van der Waals surface area contributed by atoms with Gasteiger partial charge in [-0.05, 0) is 38.8 Å². The van der Waals surface area contributed by atoms with E-state index in [4.69, 9.17) is 9.15 Å². The Balaban J connectivity index is 1.68. The van der Waals surface area contributed by atoms with Gasteiger partial charge in [-0.2, -0.15) is 5.10 Å². The lowest BCUT2D eigenvalue weighted by molar-refractivity contribution is 0.0524. The van der Waals surface area contributed by atoms with Gasteiger partial charge in [-0.15, -0.1) is 5.10 Å². The number of hydrogen-bond acceptors (Lipinski definition) is 5. The Hall–Kier alpha value is -2.37. The maximum absolute atomic E-state index is 12.6. The van der Waals surface area contributed by atoms with Gasteiger partial charge in [-0.1, -0.05) is 0 Å². The number of ether oxygens (including phenoxy) is 1. The lowest BCUT2D eigenvalue weighted by Crippen LogP contribution is -2.44. The number of rotatable bonds is 3. The summed E-state index contributed by atoms with van der Waals surface area (Å²) in [6.07, 6.45) is 3.37. The van der Waals surface area contributed by atoms with Crippen LogP contribution in [0.15, 0.2) is 28.8 Å². The van der Waals surface area contributed by atoms with Crippen LogP contribution in [0.4, 0.5) is 0 Å². The summed E-state index contributed by atoms with van der Waals surface area (Å²) in [5.41, 5.74) is 0.637. The molecule has 3 heterocycles. The topological polar surface area (TPSA) is 68.5 Å². The van der Waals surface area contributed by atoms with Gasteiger partial charge in [0.2, 0.25) is 5.88 Å². The van der Waals surface area contributed by atoms with Gasteiger partial charge >= 0.3 is 0 Å². The molecule has 1 fully saturated rings. The van der Waals surface area contributed by atoms with E-state index in [1.165, 1.54) is 0 Å². The fraction of sp³-hybridized carbons (Fsp3) is 0.438. The Labute approximate surface area is 129 Å². The van der Waals surface area contributed by atoms with Gasteiger partial charge in [0, 0.05) is 18.8 Å². The number of carbonyl (C=O) groups is 1. The van der Waals surface area contributed by atoms with Crippen molar-refractivity contribution >= 4 is 5.91 Å². The second kappa shape index (κ2) is 6.17. The van der Waals surface area contributed by atoms with Crippen LogP contribution in [0.3, 0.4) is 0 Å². The van der Waals surface area contributed by atoms with E-state index in [9.17, 15) is 4.79 Å². The van der Waals surface area contributed by atoms with E-state index in [0.29, 0.717) is 23.7 Å². The quantitative estimate of drug-likeness (QED) is 0.870. The Morgan fingerprint density at radius 1 is 1.45 bits per heavy atom. The molecule has 2 aromatic rings. The first-order valence-electron chi connectivity index (χ1n) is 7.44. The Bertz CT molecular complexity index is 654. The molecule has 1 saturated heterocycles. The maximum atomic E-state index is 12.6. The van der Waals surface area contributed by atoms with Gasteiger partial charge in [0.25, 0.3) is 5.91 Å². The van der Waals surface area contributed by atoms with Crippen LogP contribution in [0.2, 0.25) is 0 Å². The summed E-state index contributed by atoms with van der Waals surface area (Å²) in [5, 5.41) is 7.73. The molecule has 0 spiro atoms. The van der Waals surface area contributed by atoms with E-state index in [2.05, 4.69) is 10.2 Å². The first kappa shape index (κ1) is 14.6. The van der Waals surface area contributed by atoms with Crippen molar-refractivity contribution < 1.29 is 13.9 Å². The fourth-order valence-electron chi connectivity index (χ4n) is 2.75. The molecule has 0 saturated carbocycles. The van der Waals surface area contributed by atoms with Crippen LogP contribution in [-0.4, -0.2) is 40.2 Å². The number of piperidine rings is 1. The van der Waals surface area contributed by atoms with Gasteiger partial charge in [0.15, 0.2) is 0 Å². The highest BCUT2D eigenvalue weighted by Gasteiger charge is 2.27. The summed E-state index contributed by atoms with van der Waals surface area (Å²) < 4.78 is 11.3. The lowest BCUT2D eigenvalue weighted by Gasteiger charge is -2.32. The summed E-state index contributed by atoms with van der Waals surface area (Å²) in [7, 11) is 0. The zero-order chi connectivity index (χ0) is 15.5. The minimum atomic E-state index is -0.0531. The van der Waals surface area contributed by atoms with Crippen molar-refractivity contribution in [2.45, 2.75) is 32.8 Å². The third-order valence-electron chi connectivity index (χ3n) is 3.77. The number of nitrogens with zero attached hydrogens (tertiary/aromatic N) is 3. The Kier molecular flexibility index (Phi) is 4.09. The molecular weight excluding hydrogens is 282 g/mol. The number of aromatic nitrogens is 2. The first-order valence-corrected chi connectivity index (χ1v) is 7.44. The molecule has 6 heteroatoms. The molecule has 2 aromatic heterocycles. The maximum Gasteiger partial charge on any atom is 0.257 e. The molecule has 6 nitrogen and oxygen atoms in total. The molecule has 0 radical (unpaired) electrons. The van der Waals surface area contributed by atoms with Crippen LogP contribution >= 0.6 is 0 Å². The predicted molar refractivity (Wildman–Crippen MR) is 79.8 cm³/mol. The molecule has 22 heavy (non-hydrogen) atoms. The van der Waals surface area contributed by atoms with Crippen molar-refractivity contribution in [3.63, 3.8) is 0 Å². The molecule has 1 atom stereocenters. The van der Waals surface area contributed by atoms with Gasteiger partial charge < -0.3 is 14.1 Å². The first-order chi connectivity index (χ1) is 10.6. The van der Waals surface area contributed by atoms with Gasteiger partial charge in [0.1, 0.15) is 17.6 Å². The highest BCUT2D eigenvalue weighted by atomic mass is 16.5. The number of hydrogen-bond donors (Lipinski definition) is 0. The second-order valence-electron chi connectivity index (χ2n) is 5.52. The van der Waals surface area contributed by atoms with E-state index in [1.54, 1.807) is 24.4 Å². The molecule has 1 aliphatic rings. The molecule has 3 rings (SSSR count). The van der Waals surface area contributed by atoms with E-state index in [1.807, 2.05) is 18.7 Å². The number of aryl methyl sites for hydroxylation is 2. The number of likely N-dealkylation sites (tertiary alicyclic amines) is 1. The van der Waals surface area contributed by atoms with E-state index in [-0.39, 0.29) is 12.0 Å². The molecular formula is C16H19N3O3. The van der Waals surface area contributed by atoms with Crippen LogP contribution in [-0.2, 0) is 0 Å². The molecule has 116 valence electrons. The minimum Gasteiger partial charge on any atom is -0.471 e. The van der Waals surface area contributed by atoms with Crippen LogP contribution < -0.4 is 4.74 Å². The Morgan fingerprint density at radius 3 is 3.00 bits per heavy atom. The van der Waals surface area contributed by atoms with Gasteiger partial charge in [-0.25, -0.2) is 0 Å². The average Bonchev–Trinajstić information content (AvgIpc) is 2.86. The summed E-state index contributed by atoms with van der Waals surface area (Å²) >= 11 is 0. The zero-order valence-electron chi connectivity index (χ0n) is 12.8. The molecule has 1 unspecified atom stereocenters. The molecule has 0 aromatic carbocycles. The normalized spacial score (nSPS) is 18.3. The van der Waals surface area contributed by atoms with Gasteiger partial charge in [-0.3, -0.25) is 4.79 Å². The van der Waals surface area contributed by atoms with E-state index in [0.717, 1.165) is 25.1 Å². The van der Waals surface area contributed by atoms with Gasteiger partial charge in [0.05, 0.1) is 12.1 Å². The summed E-state index contributed by atoms with van der Waals surface area (Å²) in [6, 6.07) is 5.36. The van der Waals surface area contributed by atoms with E-state index < -0.39 is 0 Å². The molecule has 0 bridgehead atoms. The minimum absolute atomic E-state index is 0.00166. The number of furan rings is 1. The highest BCUT2D eigenvalue weighted by Crippen LogP contribution is 2.21. The van der Waals surface area contributed by atoms with Crippen molar-refractivity contribution in [1.29, 1.82) is 0 Å². The zero-order valence-corrected chi connectivity index (χ0v) is 12.8. The van der Waals surface area contributed by atoms with Crippen LogP contribution in [0.25, 0.3) is 0 Å². The smallest absolute Gasteiger partial charge is 0.257 e. The van der Waals surface area contributed by atoms with Crippen LogP contribution in [0, 0.1) is 13.8 Å². The molecule has 1 amide bonds. The van der Waals surface area contributed by atoms with Crippen molar-refractivity contribution in [2.24, 2.45) is 0 Å². The summed E-state index contributed by atoms with van der Waals surface area (Å²) in [6.45, 7) is 4.96. The van der Waals surface area contributed by atoms with Crippen molar-refractivity contribution in [1.82, 2.24) is 15.1 Å². The Morgan fingerprint density at radius 2 is 2.32 bits per heavy atom. The van der Waals surface area contributed by atoms with Crippen LogP contribution in [0.1, 0.15) is 34.7 Å². The summed E-state index contributed by atoms with van der Waals surface area (Å²) in [5.74, 6) is 1.92. The predicted octanol–water partition coefficient (Wildman–Crippen LogP) is 2.37. The third kappa shape index (κ3) is 3.10. The fourth-order valence-corrected chi connectivity index (χ4v) is 2.75. The van der Waals surface area contributed by atoms with Crippen LogP contribution in [0.5, 0.6) is 5.88 Å². The number of carbonyl (C=O) groups excluding carboxylic acids is 1. The van der Waals surface area contributed by atoms with Crippen molar-refractivity contribution in [3.05, 3.63) is 41.5 Å². The van der Waals surface area contributed by atoms with Crippen molar-refractivity contribution in [2.75, 3.05) is 13.1 Å². The average molecular weight is 301 g/mol. The number of amides is 1. The SMILES string of the molecule is Cc1cc(C(=O)N2CCCC(Oc3cccnn3)C2)c(C)o1. The standard InChI is InChI=1S/C16H19N3O3/c1-11-9-14(12(2)21-11)16(20)19-8-4-5-13(10-19)22-15-6-3-7-17-18-15/h3,6-7,9,13H,4-5,8,10H2,1-2H3. The highest BCUT2D eigenvalue weighted by molar-refractivity contribution is 5.95. The third-order valence-corrected chi connectivity index (χ3v) is 3.77. The molecule has 0 N–H and O–H groups in total. The monoisotopic (exact) mass is 301 g/mol. The van der Waals surface area contributed by atoms with E-state index >= 15 is 0 Å².